The molecule has 0 aliphatic heterocycles. The highest BCUT2D eigenvalue weighted by atomic mass is 35.5. The Bertz CT molecular complexity index is 1280. The molecule has 1 aromatic heterocycles. The molecule has 4 aromatic rings. The summed E-state index contributed by atoms with van der Waals surface area (Å²) in [7, 11) is -3.37. The molecule has 3 aromatic carbocycles. The van der Waals surface area contributed by atoms with Crippen LogP contribution in [0.25, 0.3) is 21.3 Å². The number of hydrogen-bond donors (Lipinski definition) is 1. The van der Waals surface area contributed by atoms with E-state index in [4.69, 9.17) is 28.2 Å². The second-order valence-corrected chi connectivity index (χ2v) is 11.5. The molecule has 4 rings (SSSR count). The zero-order chi connectivity index (χ0) is 23.3. The van der Waals surface area contributed by atoms with Crippen molar-refractivity contribution in [1.29, 1.82) is 0 Å². The molecule has 0 bridgehead atoms. The molecule has 0 aliphatic carbocycles. The Kier molecular flexibility index (Phi) is 7.52. The summed E-state index contributed by atoms with van der Waals surface area (Å²) in [5.74, 6) is 3.07. The van der Waals surface area contributed by atoms with Gasteiger partial charge in [-0.25, -0.2) is 4.98 Å². The molecule has 166 valence electrons. The minimum Gasteiger partial charge on any atom is -0.306 e. The van der Waals surface area contributed by atoms with Crippen LogP contribution < -0.4 is 5.09 Å². The molecule has 1 unspecified atom stereocenters. The van der Waals surface area contributed by atoms with Crippen LogP contribution in [0.1, 0.15) is 16.0 Å². The zero-order valence-electron chi connectivity index (χ0n) is 17.8. The molecule has 3 nitrogen and oxygen atoms in total. The van der Waals surface area contributed by atoms with Crippen molar-refractivity contribution in [3.63, 3.8) is 0 Å². The van der Waals surface area contributed by atoms with Crippen molar-refractivity contribution in [2.75, 3.05) is 5.09 Å². The molecular weight excluding hydrogens is 490 g/mol. The van der Waals surface area contributed by atoms with Crippen LogP contribution in [0.4, 0.5) is 5.13 Å². The van der Waals surface area contributed by atoms with Gasteiger partial charge in [-0.15, -0.1) is 11.3 Å². The average Bonchev–Trinajstić information content (AvgIpc) is 3.19. The predicted molar refractivity (Wildman–Crippen MR) is 144 cm³/mol. The normalized spacial score (nSPS) is 14.0. The van der Waals surface area contributed by atoms with E-state index in [0.29, 0.717) is 15.2 Å². The Morgan fingerprint density at radius 3 is 1.76 bits per heavy atom. The lowest BCUT2D eigenvalue weighted by Crippen LogP contribution is -1.94. The Balaban J connectivity index is 1.74. The van der Waals surface area contributed by atoms with Gasteiger partial charge in [0.25, 0.3) is 0 Å². The van der Waals surface area contributed by atoms with Gasteiger partial charge in [-0.05, 0) is 18.1 Å². The largest absolute Gasteiger partial charge is 0.306 e. The first-order valence-electron chi connectivity index (χ1n) is 10.2. The minimum atomic E-state index is -3.37. The third-order valence-electron chi connectivity index (χ3n) is 4.82. The van der Waals surface area contributed by atoms with Gasteiger partial charge in [0.05, 0.1) is 15.8 Å². The van der Waals surface area contributed by atoms with Crippen molar-refractivity contribution in [2.24, 2.45) is 0 Å². The standard InChI is InChI=1S/C26H21Cl2N2OPS/c1-19-25(22-15-9-4-10-16-22)29-26(33-19)30-32(31,17-23(27)20-11-5-2-6-12-20)18-24(28)21-13-7-3-8-14-21/h2-18H,1H3,(H,29,30,31)/b23-17+,24-18?. The number of thiazole rings is 1. The number of rotatable bonds is 7. The first kappa shape index (κ1) is 23.5. The van der Waals surface area contributed by atoms with Gasteiger partial charge in [-0.2, -0.15) is 0 Å². The van der Waals surface area contributed by atoms with Crippen molar-refractivity contribution in [2.45, 2.75) is 6.92 Å². The quantitative estimate of drug-likeness (QED) is 0.252. The fraction of sp³-hybridized carbons (Fsp3) is 0.0385. The van der Waals surface area contributed by atoms with E-state index in [1.165, 1.54) is 23.0 Å². The Hall–Kier alpha value is -2.62. The number of nitrogens with one attached hydrogen (secondary N) is 1. The van der Waals surface area contributed by atoms with Gasteiger partial charge < -0.3 is 5.09 Å². The van der Waals surface area contributed by atoms with Crippen LogP contribution in [-0.2, 0) is 4.57 Å². The number of aryl methyl sites for hydroxylation is 1. The Morgan fingerprint density at radius 2 is 1.27 bits per heavy atom. The molecule has 0 amide bonds. The van der Waals surface area contributed by atoms with E-state index in [1.807, 2.05) is 97.9 Å². The van der Waals surface area contributed by atoms with Crippen LogP contribution in [-0.4, -0.2) is 4.98 Å². The van der Waals surface area contributed by atoms with Gasteiger partial charge in [-0.1, -0.05) is 114 Å². The molecule has 0 radical (unpaired) electrons. The summed E-state index contributed by atoms with van der Waals surface area (Å²) >= 11 is 14.6. The van der Waals surface area contributed by atoms with Gasteiger partial charge in [0.2, 0.25) is 7.29 Å². The third kappa shape index (κ3) is 6.04. The van der Waals surface area contributed by atoms with Crippen molar-refractivity contribution in [3.8, 4) is 11.3 Å². The molecule has 0 saturated heterocycles. The van der Waals surface area contributed by atoms with Crippen LogP contribution in [0.3, 0.4) is 0 Å². The first-order valence-corrected chi connectivity index (χ1v) is 13.6. The van der Waals surface area contributed by atoms with Crippen LogP contribution >= 0.6 is 41.8 Å². The maximum absolute atomic E-state index is 14.1. The second-order valence-electron chi connectivity index (χ2n) is 7.30. The predicted octanol–water partition coefficient (Wildman–Crippen LogP) is 9.28. The van der Waals surface area contributed by atoms with Gasteiger partial charge in [0.1, 0.15) is 0 Å². The van der Waals surface area contributed by atoms with E-state index >= 15 is 0 Å². The summed E-state index contributed by atoms with van der Waals surface area (Å²) in [5, 5.41) is 4.41. The highest BCUT2D eigenvalue weighted by Crippen LogP contribution is 2.54. The number of nitrogens with zero attached hydrogens (tertiary/aromatic N) is 1. The maximum atomic E-state index is 14.1. The monoisotopic (exact) mass is 510 g/mol. The number of aromatic nitrogens is 1. The topological polar surface area (TPSA) is 42.0 Å². The van der Waals surface area contributed by atoms with Gasteiger partial charge in [0.15, 0.2) is 5.13 Å². The molecule has 0 fully saturated rings. The Labute approximate surface area is 207 Å². The number of benzene rings is 3. The lowest BCUT2D eigenvalue weighted by molar-refractivity contribution is 0.589. The summed E-state index contributed by atoms with van der Waals surface area (Å²) in [6, 6.07) is 28.7. The molecule has 0 spiro atoms. The molecular formula is C26H21Cl2N2OPS. The second kappa shape index (κ2) is 10.5. The highest BCUT2D eigenvalue weighted by molar-refractivity contribution is 7.72. The number of hydrogen-bond acceptors (Lipinski definition) is 3. The fourth-order valence-corrected chi connectivity index (χ4v) is 7.18. The lowest BCUT2D eigenvalue weighted by atomic mass is 10.1. The van der Waals surface area contributed by atoms with E-state index in [2.05, 4.69) is 5.09 Å². The SMILES string of the molecule is Cc1sc(NP(=O)(C=C(Cl)c2ccccc2)/C=C(/Cl)c2ccccc2)nc1-c1ccccc1. The minimum absolute atomic E-state index is 0.372. The third-order valence-corrected chi connectivity index (χ3v) is 8.66. The van der Waals surface area contributed by atoms with Crippen LogP contribution in [0.15, 0.2) is 103 Å². The summed E-state index contributed by atoms with van der Waals surface area (Å²) in [6.07, 6.45) is 0. The molecule has 0 saturated carbocycles. The first-order chi connectivity index (χ1) is 15.9. The summed E-state index contributed by atoms with van der Waals surface area (Å²) in [6.45, 7) is 2.00. The molecule has 7 heteroatoms. The van der Waals surface area contributed by atoms with Crippen LogP contribution in [0.5, 0.6) is 0 Å². The fourth-order valence-electron chi connectivity index (χ4n) is 3.24. The van der Waals surface area contributed by atoms with E-state index < -0.39 is 7.29 Å². The number of halogens is 2. The molecule has 1 atom stereocenters. The molecule has 1 N–H and O–H groups in total. The van der Waals surface area contributed by atoms with E-state index in [1.54, 1.807) is 0 Å². The van der Waals surface area contributed by atoms with Crippen LogP contribution in [0, 0.1) is 6.92 Å². The summed E-state index contributed by atoms with van der Waals surface area (Å²) in [5.41, 5.74) is 3.40. The van der Waals surface area contributed by atoms with Gasteiger partial charge in [-0.3, -0.25) is 4.57 Å². The maximum Gasteiger partial charge on any atom is 0.217 e. The summed E-state index contributed by atoms with van der Waals surface area (Å²) in [4.78, 5) is 5.74. The molecule has 1 heterocycles. The highest BCUT2D eigenvalue weighted by Gasteiger charge is 2.22. The zero-order valence-corrected chi connectivity index (χ0v) is 21.0. The lowest BCUT2D eigenvalue weighted by Gasteiger charge is -2.13. The van der Waals surface area contributed by atoms with Crippen molar-refractivity contribution in [3.05, 3.63) is 119 Å². The van der Waals surface area contributed by atoms with Crippen LogP contribution in [0.2, 0.25) is 0 Å². The van der Waals surface area contributed by atoms with E-state index in [-0.39, 0.29) is 0 Å². The van der Waals surface area contributed by atoms with Crippen molar-refractivity contribution in [1.82, 2.24) is 4.98 Å². The van der Waals surface area contributed by atoms with Gasteiger partial charge >= 0.3 is 0 Å². The number of anilines is 1. The van der Waals surface area contributed by atoms with Gasteiger partial charge in [0, 0.05) is 22.1 Å². The Morgan fingerprint density at radius 1 is 0.818 bits per heavy atom. The van der Waals surface area contributed by atoms with Crippen molar-refractivity contribution >= 4 is 57.0 Å². The molecule has 33 heavy (non-hydrogen) atoms. The summed E-state index contributed by atoms with van der Waals surface area (Å²) < 4.78 is 14.1. The van der Waals surface area contributed by atoms with Crippen molar-refractivity contribution < 1.29 is 4.57 Å². The smallest absolute Gasteiger partial charge is 0.217 e. The van der Waals surface area contributed by atoms with E-state index in [0.717, 1.165) is 27.3 Å². The average molecular weight is 511 g/mol. The van der Waals surface area contributed by atoms with E-state index in [9.17, 15) is 4.57 Å². The molecule has 0 aliphatic rings.